The number of carbonyl (C=O) groups is 2. The van der Waals surface area contributed by atoms with Crippen LogP contribution in [-0.4, -0.2) is 76.4 Å². The molecule has 0 aliphatic carbocycles. The number of methoxy groups -OCH3 is 1. The minimum atomic E-state index is -0.310. The SMILES string of the molecule is COc1cccc(OCC(=O)Nc2ccc3c(c2)N(CCN2CCOCC2)C(=O)CO3)c1. The van der Waals surface area contributed by atoms with E-state index in [1.165, 1.54) is 0 Å². The van der Waals surface area contributed by atoms with Gasteiger partial charge in [-0.05, 0) is 30.3 Å². The van der Waals surface area contributed by atoms with Gasteiger partial charge >= 0.3 is 0 Å². The second kappa shape index (κ2) is 10.3. The standard InChI is InChI=1S/C23H27N3O6/c1-29-18-3-2-4-19(14-18)31-15-22(27)24-17-5-6-21-20(13-17)26(23(28)16-32-21)8-7-25-9-11-30-12-10-25/h2-6,13-14H,7-12,15-16H2,1H3,(H,24,27). The highest BCUT2D eigenvalue weighted by Crippen LogP contribution is 2.34. The van der Waals surface area contributed by atoms with Crippen molar-refractivity contribution in [3.63, 3.8) is 0 Å². The lowest BCUT2D eigenvalue weighted by atomic mass is 10.2. The van der Waals surface area contributed by atoms with Crippen LogP contribution in [0.25, 0.3) is 0 Å². The van der Waals surface area contributed by atoms with Crippen LogP contribution in [-0.2, 0) is 14.3 Å². The number of anilines is 2. The molecule has 0 atom stereocenters. The van der Waals surface area contributed by atoms with Crippen molar-refractivity contribution in [3.05, 3.63) is 42.5 Å². The van der Waals surface area contributed by atoms with E-state index in [4.69, 9.17) is 18.9 Å². The van der Waals surface area contributed by atoms with Crippen molar-refractivity contribution in [1.82, 2.24) is 4.90 Å². The van der Waals surface area contributed by atoms with Crippen molar-refractivity contribution in [2.75, 3.05) is 69.9 Å². The topological polar surface area (TPSA) is 89.6 Å². The Morgan fingerprint density at radius 2 is 1.91 bits per heavy atom. The van der Waals surface area contributed by atoms with Crippen molar-refractivity contribution in [3.8, 4) is 17.2 Å². The molecule has 2 aromatic carbocycles. The Bertz CT molecular complexity index is 960. The molecule has 0 unspecified atom stereocenters. The fourth-order valence-electron chi connectivity index (χ4n) is 3.63. The molecule has 4 rings (SSSR count). The number of carbonyl (C=O) groups excluding carboxylic acids is 2. The number of hydrogen-bond donors (Lipinski definition) is 1. The number of nitrogens with one attached hydrogen (secondary N) is 1. The van der Waals surface area contributed by atoms with E-state index in [0.717, 1.165) is 19.6 Å². The largest absolute Gasteiger partial charge is 0.497 e. The number of benzene rings is 2. The molecule has 0 spiro atoms. The molecule has 1 fully saturated rings. The second-order valence-electron chi connectivity index (χ2n) is 7.49. The summed E-state index contributed by atoms with van der Waals surface area (Å²) in [6, 6.07) is 12.3. The first-order valence-corrected chi connectivity index (χ1v) is 10.6. The Balaban J connectivity index is 1.38. The van der Waals surface area contributed by atoms with Gasteiger partial charge in [0.2, 0.25) is 0 Å². The highest BCUT2D eigenvalue weighted by molar-refractivity contribution is 5.99. The predicted octanol–water partition coefficient (Wildman–Crippen LogP) is 1.77. The Labute approximate surface area is 186 Å². The van der Waals surface area contributed by atoms with Crippen molar-refractivity contribution < 1.29 is 28.5 Å². The van der Waals surface area contributed by atoms with Crippen LogP contribution in [0.4, 0.5) is 11.4 Å². The predicted molar refractivity (Wildman–Crippen MR) is 119 cm³/mol. The third-order valence-corrected chi connectivity index (χ3v) is 5.34. The second-order valence-corrected chi connectivity index (χ2v) is 7.49. The average molecular weight is 441 g/mol. The van der Waals surface area contributed by atoms with E-state index in [9.17, 15) is 9.59 Å². The van der Waals surface area contributed by atoms with Gasteiger partial charge in [-0.1, -0.05) is 6.07 Å². The van der Waals surface area contributed by atoms with Crippen LogP contribution in [0.15, 0.2) is 42.5 Å². The molecule has 2 aromatic rings. The van der Waals surface area contributed by atoms with Crippen molar-refractivity contribution in [2.45, 2.75) is 0 Å². The first-order valence-electron chi connectivity index (χ1n) is 10.6. The van der Waals surface area contributed by atoms with Gasteiger partial charge in [0, 0.05) is 37.9 Å². The van der Waals surface area contributed by atoms with Crippen LogP contribution in [0.5, 0.6) is 17.2 Å². The molecule has 9 heteroatoms. The summed E-state index contributed by atoms with van der Waals surface area (Å²) in [5.41, 5.74) is 1.22. The van der Waals surface area contributed by atoms with Gasteiger partial charge in [-0.25, -0.2) is 0 Å². The van der Waals surface area contributed by atoms with Crippen LogP contribution in [0, 0.1) is 0 Å². The average Bonchev–Trinajstić information content (AvgIpc) is 2.83. The van der Waals surface area contributed by atoms with Crippen LogP contribution in [0.2, 0.25) is 0 Å². The quantitative estimate of drug-likeness (QED) is 0.668. The zero-order chi connectivity index (χ0) is 22.3. The number of hydrogen-bond acceptors (Lipinski definition) is 7. The molecule has 0 radical (unpaired) electrons. The Morgan fingerprint density at radius 1 is 1.09 bits per heavy atom. The van der Waals surface area contributed by atoms with Gasteiger partial charge < -0.3 is 29.2 Å². The van der Waals surface area contributed by atoms with Crippen LogP contribution in [0.3, 0.4) is 0 Å². The number of rotatable bonds is 8. The lowest BCUT2D eigenvalue weighted by Crippen LogP contribution is -2.45. The maximum atomic E-state index is 12.5. The van der Waals surface area contributed by atoms with Gasteiger partial charge in [0.15, 0.2) is 13.2 Å². The molecule has 0 saturated carbocycles. The molecule has 0 aromatic heterocycles. The van der Waals surface area contributed by atoms with Gasteiger partial charge in [0.05, 0.1) is 26.0 Å². The van der Waals surface area contributed by atoms with Crippen LogP contribution in [0.1, 0.15) is 0 Å². The van der Waals surface area contributed by atoms with Crippen molar-refractivity contribution >= 4 is 23.2 Å². The first-order chi connectivity index (χ1) is 15.6. The first kappa shape index (κ1) is 21.9. The number of morpholine rings is 1. The third-order valence-electron chi connectivity index (χ3n) is 5.34. The van der Waals surface area contributed by atoms with Gasteiger partial charge in [-0.3, -0.25) is 14.5 Å². The van der Waals surface area contributed by atoms with Crippen molar-refractivity contribution in [1.29, 1.82) is 0 Å². The summed E-state index contributed by atoms with van der Waals surface area (Å²) in [5.74, 6) is 1.40. The summed E-state index contributed by atoms with van der Waals surface area (Å²) in [7, 11) is 1.57. The zero-order valence-corrected chi connectivity index (χ0v) is 18.0. The summed E-state index contributed by atoms with van der Waals surface area (Å²) < 4.78 is 21.6. The third kappa shape index (κ3) is 5.49. The summed E-state index contributed by atoms with van der Waals surface area (Å²) >= 11 is 0. The van der Waals surface area contributed by atoms with Crippen LogP contribution >= 0.6 is 0 Å². The van der Waals surface area contributed by atoms with Gasteiger partial charge in [-0.15, -0.1) is 0 Å². The van der Waals surface area contributed by atoms with E-state index in [-0.39, 0.29) is 25.0 Å². The molecule has 170 valence electrons. The fourth-order valence-corrected chi connectivity index (χ4v) is 3.63. The van der Waals surface area contributed by atoms with Gasteiger partial charge in [-0.2, -0.15) is 0 Å². The molecule has 2 aliphatic heterocycles. The maximum absolute atomic E-state index is 12.5. The Morgan fingerprint density at radius 3 is 2.72 bits per heavy atom. The van der Waals surface area contributed by atoms with Gasteiger partial charge in [0.1, 0.15) is 17.2 Å². The lowest BCUT2D eigenvalue weighted by Gasteiger charge is -2.33. The molecular formula is C23H27N3O6. The van der Waals surface area contributed by atoms with E-state index in [1.807, 2.05) is 0 Å². The minimum absolute atomic E-state index is 0.0101. The monoisotopic (exact) mass is 441 g/mol. The number of ether oxygens (including phenoxy) is 4. The van der Waals surface area contributed by atoms with Gasteiger partial charge in [0.25, 0.3) is 11.8 Å². The summed E-state index contributed by atoms with van der Waals surface area (Å²) in [4.78, 5) is 28.9. The van der Waals surface area contributed by atoms with E-state index < -0.39 is 0 Å². The molecule has 1 saturated heterocycles. The Hall–Kier alpha value is -3.30. The molecule has 32 heavy (non-hydrogen) atoms. The summed E-state index contributed by atoms with van der Waals surface area (Å²) in [6.45, 7) is 4.29. The molecular weight excluding hydrogens is 414 g/mol. The highest BCUT2D eigenvalue weighted by atomic mass is 16.5. The molecule has 2 heterocycles. The minimum Gasteiger partial charge on any atom is -0.497 e. The number of nitrogens with zero attached hydrogens (tertiary/aromatic N) is 2. The number of amides is 2. The van der Waals surface area contributed by atoms with E-state index in [1.54, 1.807) is 54.5 Å². The summed E-state index contributed by atoms with van der Waals surface area (Å²) in [6.07, 6.45) is 0. The molecule has 9 nitrogen and oxygen atoms in total. The molecule has 1 N–H and O–H groups in total. The zero-order valence-electron chi connectivity index (χ0n) is 18.0. The summed E-state index contributed by atoms with van der Waals surface area (Å²) in [5, 5.41) is 2.82. The molecule has 0 bridgehead atoms. The highest BCUT2D eigenvalue weighted by Gasteiger charge is 2.26. The van der Waals surface area contributed by atoms with E-state index >= 15 is 0 Å². The maximum Gasteiger partial charge on any atom is 0.265 e. The molecule has 2 amide bonds. The normalized spacial score (nSPS) is 16.2. The number of fused-ring (bicyclic) bond motifs is 1. The molecule has 2 aliphatic rings. The van der Waals surface area contributed by atoms with Crippen LogP contribution < -0.4 is 24.4 Å². The smallest absolute Gasteiger partial charge is 0.265 e. The lowest BCUT2D eigenvalue weighted by molar-refractivity contribution is -0.121. The van der Waals surface area contributed by atoms with E-state index in [0.29, 0.717) is 48.4 Å². The Kier molecular flexibility index (Phi) is 7.08. The fraction of sp³-hybridized carbons (Fsp3) is 0.391. The van der Waals surface area contributed by atoms with E-state index in [2.05, 4.69) is 10.2 Å². The van der Waals surface area contributed by atoms with Crippen molar-refractivity contribution in [2.24, 2.45) is 0 Å².